The molecule has 5 nitrogen and oxygen atoms in total. The Kier molecular flexibility index (Phi) is 3.64. The molecule has 0 aliphatic carbocycles. The molecule has 1 aliphatic rings. The third-order valence-electron chi connectivity index (χ3n) is 3.79. The molecule has 1 aliphatic heterocycles. The smallest absolute Gasteiger partial charge is 0.259 e. The first-order valence-electron chi connectivity index (χ1n) is 7.28. The van der Waals surface area contributed by atoms with E-state index in [-0.39, 0.29) is 16.9 Å². The lowest BCUT2D eigenvalue weighted by Gasteiger charge is -2.15. The summed E-state index contributed by atoms with van der Waals surface area (Å²) in [4.78, 5) is 29.7. The van der Waals surface area contributed by atoms with E-state index < -0.39 is 0 Å². The molecule has 1 aromatic carbocycles. The number of nitrogens with one attached hydrogen (secondary N) is 1. The molecule has 0 saturated carbocycles. The number of likely N-dealkylation sites (tertiary alicyclic amines) is 1. The molecule has 1 fully saturated rings. The van der Waals surface area contributed by atoms with E-state index in [1.54, 1.807) is 17.0 Å². The zero-order valence-corrected chi connectivity index (χ0v) is 12.0. The molecule has 0 bridgehead atoms. The summed E-state index contributed by atoms with van der Waals surface area (Å²) in [6.07, 6.45) is 3.53. The molecule has 2 heterocycles. The van der Waals surface area contributed by atoms with E-state index in [1.807, 2.05) is 13.0 Å². The lowest BCUT2D eigenvalue weighted by atomic mass is 10.1. The summed E-state index contributed by atoms with van der Waals surface area (Å²) < 4.78 is 5.42. The fourth-order valence-corrected chi connectivity index (χ4v) is 2.70. The second kappa shape index (κ2) is 5.60. The van der Waals surface area contributed by atoms with Gasteiger partial charge in [0.1, 0.15) is 11.3 Å². The minimum absolute atomic E-state index is 0.183. The Hall–Kier alpha value is -2.30. The highest BCUT2D eigenvalue weighted by atomic mass is 16.5. The van der Waals surface area contributed by atoms with E-state index in [2.05, 4.69) is 4.98 Å². The van der Waals surface area contributed by atoms with Crippen LogP contribution in [0.2, 0.25) is 0 Å². The van der Waals surface area contributed by atoms with Gasteiger partial charge in [-0.1, -0.05) is 0 Å². The van der Waals surface area contributed by atoms with Crippen LogP contribution in [0.15, 0.2) is 29.2 Å². The average Bonchev–Trinajstić information content (AvgIpc) is 3.02. The van der Waals surface area contributed by atoms with Crippen molar-refractivity contribution in [3.05, 3.63) is 40.2 Å². The number of hydrogen-bond donors (Lipinski definition) is 1. The predicted octanol–water partition coefficient (Wildman–Crippen LogP) is 2.16. The highest BCUT2D eigenvalue weighted by molar-refractivity contribution is 5.97. The summed E-state index contributed by atoms with van der Waals surface area (Å²) in [5, 5.41) is 0.492. The number of rotatable bonds is 3. The molecule has 5 heteroatoms. The molecule has 1 amide bonds. The van der Waals surface area contributed by atoms with Crippen LogP contribution >= 0.6 is 0 Å². The normalized spacial score (nSPS) is 14.6. The van der Waals surface area contributed by atoms with E-state index in [0.29, 0.717) is 23.3 Å². The highest BCUT2D eigenvalue weighted by Crippen LogP contribution is 2.18. The Morgan fingerprint density at radius 1 is 1.33 bits per heavy atom. The number of nitrogens with zero attached hydrogens (tertiary/aromatic N) is 1. The van der Waals surface area contributed by atoms with Gasteiger partial charge in [-0.05, 0) is 38.0 Å². The van der Waals surface area contributed by atoms with Gasteiger partial charge in [0, 0.05) is 30.2 Å². The molecular weight excluding hydrogens is 268 g/mol. The maximum absolute atomic E-state index is 12.6. The summed E-state index contributed by atoms with van der Waals surface area (Å²) >= 11 is 0. The van der Waals surface area contributed by atoms with Crippen LogP contribution in [0.4, 0.5) is 0 Å². The van der Waals surface area contributed by atoms with Gasteiger partial charge in [-0.15, -0.1) is 0 Å². The SMILES string of the molecule is CCOc1ccc2[nH]cc(C(=O)N3CCCC3)c(=O)c2c1. The number of carbonyl (C=O) groups is 1. The Morgan fingerprint density at radius 2 is 2.10 bits per heavy atom. The molecule has 21 heavy (non-hydrogen) atoms. The minimum atomic E-state index is -0.234. The van der Waals surface area contributed by atoms with Crippen LogP contribution in [0.1, 0.15) is 30.1 Å². The van der Waals surface area contributed by atoms with Gasteiger partial charge in [-0.3, -0.25) is 9.59 Å². The highest BCUT2D eigenvalue weighted by Gasteiger charge is 2.22. The number of aromatic amines is 1. The quantitative estimate of drug-likeness (QED) is 0.940. The van der Waals surface area contributed by atoms with Crippen molar-refractivity contribution in [1.82, 2.24) is 9.88 Å². The monoisotopic (exact) mass is 286 g/mol. The summed E-state index contributed by atoms with van der Waals surface area (Å²) in [5.41, 5.74) is 0.682. The van der Waals surface area contributed by atoms with Crippen molar-refractivity contribution in [3.8, 4) is 5.75 Å². The first-order chi connectivity index (χ1) is 10.2. The third-order valence-corrected chi connectivity index (χ3v) is 3.79. The van der Waals surface area contributed by atoms with Crippen molar-refractivity contribution in [2.45, 2.75) is 19.8 Å². The van der Waals surface area contributed by atoms with Crippen molar-refractivity contribution in [3.63, 3.8) is 0 Å². The zero-order chi connectivity index (χ0) is 14.8. The number of benzene rings is 1. The van der Waals surface area contributed by atoms with Crippen molar-refractivity contribution in [1.29, 1.82) is 0 Å². The van der Waals surface area contributed by atoms with Crippen LogP contribution in [0.25, 0.3) is 10.9 Å². The average molecular weight is 286 g/mol. The number of H-pyrrole nitrogens is 1. The summed E-state index contributed by atoms with van der Waals surface area (Å²) in [6, 6.07) is 5.30. The molecule has 3 rings (SSSR count). The third kappa shape index (κ3) is 2.51. The first kappa shape index (κ1) is 13.7. The topological polar surface area (TPSA) is 62.4 Å². The molecular formula is C16H18N2O3. The van der Waals surface area contributed by atoms with E-state index in [4.69, 9.17) is 4.74 Å². The van der Waals surface area contributed by atoms with Gasteiger partial charge in [0.15, 0.2) is 0 Å². The van der Waals surface area contributed by atoms with E-state index in [0.717, 1.165) is 25.9 Å². The maximum atomic E-state index is 12.6. The van der Waals surface area contributed by atoms with E-state index >= 15 is 0 Å². The number of pyridine rings is 1. The second-order valence-electron chi connectivity index (χ2n) is 5.17. The number of hydrogen-bond acceptors (Lipinski definition) is 3. The summed E-state index contributed by atoms with van der Waals surface area (Å²) in [5.74, 6) is 0.457. The number of aromatic nitrogens is 1. The lowest BCUT2D eigenvalue weighted by molar-refractivity contribution is 0.0791. The van der Waals surface area contributed by atoms with Crippen LogP contribution in [-0.4, -0.2) is 35.5 Å². The predicted molar refractivity (Wildman–Crippen MR) is 80.9 cm³/mol. The van der Waals surface area contributed by atoms with Gasteiger partial charge in [0.05, 0.1) is 6.61 Å². The van der Waals surface area contributed by atoms with Gasteiger partial charge in [0.25, 0.3) is 5.91 Å². The molecule has 0 unspecified atom stereocenters. The second-order valence-corrected chi connectivity index (χ2v) is 5.17. The first-order valence-corrected chi connectivity index (χ1v) is 7.28. The number of amides is 1. The number of fused-ring (bicyclic) bond motifs is 1. The molecule has 1 aromatic heterocycles. The van der Waals surface area contributed by atoms with Crippen LogP contribution in [0.3, 0.4) is 0 Å². The van der Waals surface area contributed by atoms with Gasteiger partial charge in [0.2, 0.25) is 5.43 Å². The fourth-order valence-electron chi connectivity index (χ4n) is 2.70. The Morgan fingerprint density at radius 3 is 2.81 bits per heavy atom. The van der Waals surface area contributed by atoms with Gasteiger partial charge in [-0.25, -0.2) is 0 Å². The Balaban J connectivity index is 2.05. The Labute approximate surface area is 122 Å². The van der Waals surface area contributed by atoms with Crippen molar-refractivity contribution < 1.29 is 9.53 Å². The van der Waals surface area contributed by atoms with Crippen molar-refractivity contribution in [2.75, 3.05) is 19.7 Å². The molecule has 0 radical (unpaired) electrons. The van der Waals surface area contributed by atoms with Crippen LogP contribution in [0, 0.1) is 0 Å². The molecule has 110 valence electrons. The molecule has 2 aromatic rings. The van der Waals surface area contributed by atoms with E-state index in [1.165, 1.54) is 6.20 Å². The molecule has 1 N–H and O–H groups in total. The van der Waals surface area contributed by atoms with E-state index in [9.17, 15) is 9.59 Å². The molecule has 1 saturated heterocycles. The lowest BCUT2D eigenvalue weighted by Crippen LogP contribution is -2.31. The Bertz CT molecular complexity index is 730. The fraction of sp³-hybridized carbons (Fsp3) is 0.375. The van der Waals surface area contributed by atoms with Crippen LogP contribution in [-0.2, 0) is 0 Å². The van der Waals surface area contributed by atoms with Gasteiger partial charge < -0.3 is 14.6 Å². The zero-order valence-electron chi connectivity index (χ0n) is 12.0. The van der Waals surface area contributed by atoms with Crippen LogP contribution in [0.5, 0.6) is 5.75 Å². The van der Waals surface area contributed by atoms with Gasteiger partial charge in [-0.2, -0.15) is 0 Å². The minimum Gasteiger partial charge on any atom is -0.494 e. The van der Waals surface area contributed by atoms with Gasteiger partial charge >= 0.3 is 0 Å². The summed E-state index contributed by atoms with van der Waals surface area (Å²) in [6.45, 7) is 3.89. The molecule has 0 spiro atoms. The number of carbonyl (C=O) groups excluding carboxylic acids is 1. The van der Waals surface area contributed by atoms with Crippen molar-refractivity contribution >= 4 is 16.8 Å². The summed E-state index contributed by atoms with van der Waals surface area (Å²) in [7, 11) is 0. The largest absolute Gasteiger partial charge is 0.494 e. The van der Waals surface area contributed by atoms with Crippen molar-refractivity contribution in [2.24, 2.45) is 0 Å². The maximum Gasteiger partial charge on any atom is 0.259 e. The molecule has 0 atom stereocenters. The standard InChI is InChI=1S/C16H18N2O3/c1-2-21-11-5-6-14-12(9-11)15(19)13(10-17-14)16(20)18-7-3-4-8-18/h5-6,9-10H,2-4,7-8H2,1H3,(H,17,19). The number of ether oxygens (including phenoxy) is 1. The van der Waals surface area contributed by atoms with Crippen LogP contribution < -0.4 is 10.2 Å².